The van der Waals surface area contributed by atoms with E-state index < -0.39 is 0 Å². The summed E-state index contributed by atoms with van der Waals surface area (Å²) in [5, 5.41) is 0. The zero-order chi connectivity index (χ0) is 16.2. The highest BCUT2D eigenvalue weighted by Gasteiger charge is 2.14. The maximum Gasteiger partial charge on any atom is 0.0708 e. The molecular weight excluding hydrogens is 344 g/mol. The van der Waals surface area contributed by atoms with Gasteiger partial charge in [-0.15, -0.1) is 0 Å². The summed E-state index contributed by atoms with van der Waals surface area (Å²) < 4.78 is 0. The van der Waals surface area contributed by atoms with Crippen LogP contribution in [0.4, 0.5) is 0 Å². The first-order valence-corrected chi connectivity index (χ1v) is 10.4. The van der Waals surface area contributed by atoms with Gasteiger partial charge in [0.15, 0.2) is 0 Å². The zero-order valence-corrected chi connectivity index (χ0v) is 16.8. The largest absolute Gasteiger partial charge is 0.0833 e. The Morgan fingerprint density at radius 2 is 0.591 bits per heavy atom. The first kappa shape index (κ1) is 20.4. The maximum atomic E-state index is 5.45. The minimum atomic E-state index is 0.677. The van der Waals surface area contributed by atoms with Crippen LogP contribution in [0.1, 0.15) is 89.9 Å². The molecule has 0 unspecified atom stereocenters. The second kappa shape index (κ2) is 12.7. The lowest BCUT2D eigenvalue weighted by molar-refractivity contribution is 0.544. The highest BCUT2D eigenvalue weighted by atomic mass is 32.1. The van der Waals surface area contributed by atoms with Gasteiger partial charge in [0.05, 0.1) is 9.73 Å². The van der Waals surface area contributed by atoms with Crippen LogP contribution < -0.4 is 0 Å². The molecule has 4 heteroatoms. The average molecular weight is 373 g/mol. The van der Waals surface area contributed by atoms with Gasteiger partial charge in [-0.25, -0.2) is 0 Å². The fourth-order valence-electron chi connectivity index (χ4n) is 2.82. The number of rotatable bonds is 0. The van der Waals surface area contributed by atoms with Gasteiger partial charge in [-0.3, -0.25) is 0 Å². The van der Waals surface area contributed by atoms with Crippen molar-refractivity contribution in [2.24, 2.45) is 0 Å². The fraction of sp³-hybridized carbons (Fsp3) is 0.778. The predicted molar refractivity (Wildman–Crippen MR) is 115 cm³/mol. The summed E-state index contributed by atoms with van der Waals surface area (Å²) in [5.41, 5.74) is 0. The summed E-state index contributed by atoms with van der Waals surface area (Å²) >= 11 is 21.8. The Labute approximate surface area is 157 Å². The monoisotopic (exact) mass is 372 g/mol. The van der Waals surface area contributed by atoms with Crippen molar-refractivity contribution in [1.29, 1.82) is 0 Å². The van der Waals surface area contributed by atoms with Crippen LogP contribution in [0.2, 0.25) is 0 Å². The van der Waals surface area contributed by atoms with E-state index in [0.717, 1.165) is 35.4 Å². The third kappa shape index (κ3) is 8.85. The average Bonchev–Trinajstić information content (AvgIpc) is 2.52. The Morgan fingerprint density at radius 1 is 0.364 bits per heavy atom. The van der Waals surface area contributed by atoms with E-state index in [1.54, 1.807) is 0 Å². The molecule has 0 aromatic rings. The molecule has 0 atom stereocenters. The molecule has 124 valence electrons. The Balaban J connectivity index is 2.45. The lowest BCUT2D eigenvalue weighted by Gasteiger charge is -2.10. The van der Waals surface area contributed by atoms with E-state index >= 15 is 0 Å². The molecule has 0 aromatic heterocycles. The summed E-state index contributed by atoms with van der Waals surface area (Å²) in [6.45, 7) is 0. The molecule has 0 radical (unpaired) electrons. The molecule has 1 aliphatic rings. The molecule has 0 bridgehead atoms. The van der Waals surface area contributed by atoms with E-state index in [9.17, 15) is 0 Å². The van der Waals surface area contributed by atoms with Gasteiger partial charge in [0.2, 0.25) is 0 Å². The van der Waals surface area contributed by atoms with E-state index in [2.05, 4.69) is 0 Å². The second-order valence-corrected chi connectivity index (χ2v) is 8.05. The summed E-state index contributed by atoms with van der Waals surface area (Å²) in [6, 6.07) is 0. The first-order chi connectivity index (χ1) is 10.6. The van der Waals surface area contributed by atoms with Gasteiger partial charge in [-0.1, -0.05) is 113 Å². The third-order valence-electron chi connectivity index (χ3n) is 4.27. The topological polar surface area (TPSA) is 0 Å². The SMILES string of the molecule is S=C1CCCCCCCCCCCCCCC(=S)C(=S)C1=S. The van der Waals surface area contributed by atoms with Gasteiger partial charge < -0.3 is 0 Å². The van der Waals surface area contributed by atoms with Crippen LogP contribution in [0.3, 0.4) is 0 Å². The van der Waals surface area contributed by atoms with Crippen molar-refractivity contribution in [2.45, 2.75) is 89.9 Å². The Kier molecular flexibility index (Phi) is 11.8. The molecule has 22 heavy (non-hydrogen) atoms. The van der Waals surface area contributed by atoms with Crippen molar-refractivity contribution in [3.8, 4) is 0 Å². The summed E-state index contributed by atoms with van der Waals surface area (Å²) in [7, 11) is 0. The van der Waals surface area contributed by atoms with E-state index in [0.29, 0.717) is 9.73 Å². The second-order valence-electron chi connectivity index (χ2n) is 6.25. The number of thiocarbonyl (C=S) groups is 4. The third-order valence-corrected chi connectivity index (χ3v) is 6.38. The summed E-state index contributed by atoms with van der Waals surface area (Å²) in [6.07, 6.45) is 17.5. The van der Waals surface area contributed by atoms with Crippen LogP contribution >= 0.6 is 48.9 Å². The number of hydrogen-bond donors (Lipinski definition) is 0. The van der Waals surface area contributed by atoms with Crippen molar-refractivity contribution in [2.75, 3.05) is 0 Å². The van der Waals surface area contributed by atoms with Gasteiger partial charge in [0.25, 0.3) is 0 Å². The van der Waals surface area contributed by atoms with Crippen LogP contribution in [-0.2, 0) is 0 Å². The standard InChI is InChI=1S/C18H28S4/c19-15-13-11-9-7-5-3-1-2-4-6-8-10-12-14-16(20)18(22)17(15)21/h1-14H2. The van der Waals surface area contributed by atoms with Gasteiger partial charge >= 0.3 is 0 Å². The van der Waals surface area contributed by atoms with Crippen molar-refractivity contribution in [3.05, 3.63) is 0 Å². The van der Waals surface area contributed by atoms with E-state index in [1.807, 2.05) is 0 Å². The molecule has 0 heterocycles. The van der Waals surface area contributed by atoms with E-state index in [4.69, 9.17) is 48.9 Å². The molecule has 0 aliphatic heterocycles. The summed E-state index contributed by atoms with van der Waals surface area (Å²) in [4.78, 5) is 3.05. The van der Waals surface area contributed by atoms with E-state index in [-0.39, 0.29) is 0 Å². The van der Waals surface area contributed by atoms with Crippen LogP contribution in [0.5, 0.6) is 0 Å². The molecule has 0 nitrogen and oxygen atoms in total. The van der Waals surface area contributed by atoms with Crippen molar-refractivity contribution < 1.29 is 0 Å². The molecule has 1 aliphatic carbocycles. The van der Waals surface area contributed by atoms with Crippen molar-refractivity contribution in [1.82, 2.24) is 0 Å². The lowest BCUT2D eigenvalue weighted by atomic mass is 10.0. The molecule has 0 spiro atoms. The minimum Gasteiger partial charge on any atom is -0.0833 e. The van der Waals surface area contributed by atoms with Gasteiger partial charge in [-0.05, 0) is 25.7 Å². The Morgan fingerprint density at radius 3 is 0.864 bits per heavy atom. The van der Waals surface area contributed by atoms with Gasteiger partial charge in [0, 0.05) is 9.73 Å². The predicted octanol–water partition coefficient (Wildman–Crippen LogP) is 6.94. The Bertz CT molecular complexity index is 360. The number of hydrogen-bond acceptors (Lipinski definition) is 4. The maximum absolute atomic E-state index is 5.45. The minimum absolute atomic E-state index is 0.677. The lowest BCUT2D eigenvalue weighted by Crippen LogP contribution is -2.25. The quantitative estimate of drug-likeness (QED) is 0.422. The highest BCUT2D eigenvalue weighted by Crippen LogP contribution is 2.15. The van der Waals surface area contributed by atoms with Crippen molar-refractivity contribution >= 4 is 68.3 Å². The van der Waals surface area contributed by atoms with Crippen LogP contribution in [-0.4, -0.2) is 19.5 Å². The van der Waals surface area contributed by atoms with Crippen LogP contribution in [0.25, 0.3) is 0 Å². The molecular formula is C18H28S4. The normalized spacial score (nSPS) is 22.2. The summed E-state index contributed by atoms with van der Waals surface area (Å²) in [5.74, 6) is 0. The van der Waals surface area contributed by atoms with Gasteiger partial charge in [-0.2, -0.15) is 0 Å². The molecule has 0 N–H and O–H groups in total. The highest BCUT2D eigenvalue weighted by molar-refractivity contribution is 7.98. The molecule has 1 saturated carbocycles. The molecule has 1 fully saturated rings. The van der Waals surface area contributed by atoms with E-state index in [1.165, 1.54) is 64.2 Å². The Hall–Kier alpha value is 0.360. The molecule has 0 saturated heterocycles. The zero-order valence-electron chi connectivity index (χ0n) is 13.5. The van der Waals surface area contributed by atoms with Crippen LogP contribution in [0.15, 0.2) is 0 Å². The van der Waals surface area contributed by atoms with Crippen molar-refractivity contribution in [3.63, 3.8) is 0 Å². The fourth-order valence-corrected chi connectivity index (χ4v) is 3.89. The van der Waals surface area contributed by atoms with Gasteiger partial charge in [0.1, 0.15) is 0 Å². The molecule has 0 amide bonds. The smallest absolute Gasteiger partial charge is 0.0708 e. The molecule has 1 rings (SSSR count). The first-order valence-electron chi connectivity index (χ1n) is 8.77. The molecule has 0 aromatic carbocycles. The van der Waals surface area contributed by atoms with Crippen LogP contribution in [0, 0.1) is 0 Å².